The van der Waals surface area contributed by atoms with Gasteiger partial charge >= 0.3 is 5.63 Å². The van der Waals surface area contributed by atoms with Crippen LogP contribution in [0.2, 0.25) is 0 Å². The van der Waals surface area contributed by atoms with Crippen molar-refractivity contribution in [2.75, 3.05) is 20.3 Å². The van der Waals surface area contributed by atoms with E-state index >= 15 is 0 Å². The third-order valence-corrected chi connectivity index (χ3v) is 5.74. The predicted octanol–water partition coefficient (Wildman–Crippen LogP) is 4.04. The number of nitrogens with zero attached hydrogens (tertiary/aromatic N) is 1. The zero-order chi connectivity index (χ0) is 18.6. The van der Waals surface area contributed by atoms with Gasteiger partial charge in [-0.1, -0.05) is 6.07 Å². The van der Waals surface area contributed by atoms with Gasteiger partial charge in [0.1, 0.15) is 11.3 Å². The van der Waals surface area contributed by atoms with Gasteiger partial charge in [-0.05, 0) is 42.0 Å². The smallest absolute Gasteiger partial charge is 0.336 e. The van der Waals surface area contributed by atoms with Crippen molar-refractivity contribution in [1.82, 2.24) is 4.90 Å². The van der Waals surface area contributed by atoms with E-state index in [0.29, 0.717) is 17.9 Å². The molecule has 5 nitrogen and oxygen atoms in total. The van der Waals surface area contributed by atoms with E-state index in [-0.39, 0.29) is 11.7 Å². The van der Waals surface area contributed by atoms with Gasteiger partial charge in [0.25, 0.3) is 0 Å². The molecule has 0 bridgehead atoms. The molecular weight excluding hydrogens is 362 g/mol. The Kier molecular flexibility index (Phi) is 5.57. The molecule has 1 fully saturated rings. The lowest BCUT2D eigenvalue weighted by atomic mass is 10.1. The minimum Gasteiger partial charge on any atom is -0.497 e. The van der Waals surface area contributed by atoms with Gasteiger partial charge in [-0.3, -0.25) is 4.90 Å². The first kappa shape index (κ1) is 18.2. The second-order valence-electron chi connectivity index (χ2n) is 6.84. The van der Waals surface area contributed by atoms with E-state index in [4.69, 9.17) is 13.9 Å². The fourth-order valence-corrected chi connectivity index (χ4v) is 4.34. The topological polar surface area (TPSA) is 51.9 Å². The lowest BCUT2D eigenvalue weighted by molar-refractivity contribution is 0.0683. The number of methoxy groups -OCH3 is 1. The molecule has 1 atom stereocenters. The third kappa shape index (κ3) is 4.40. The van der Waals surface area contributed by atoms with Crippen LogP contribution in [-0.2, 0) is 17.8 Å². The van der Waals surface area contributed by atoms with Crippen molar-refractivity contribution < 1.29 is 13.9 Å². The first-order chi connectivity index (χ1) is 13.2. The second-order valence-corrected chi connectivity index (χ2v) is 7.87. The van der Waals surface area contributed by atoms with Crippen LogP contribution in [-0.4, -0.2) is 31.3 Å². The van der Waals surface area contributed by atoms with Crippen LogP contribution in [0.4, 0.5) is 0 Å². The molecule has 0 N–H and O–H groups in total. The highest BCUT2D eigenvalue weighted by Gasteiger charge is 2.21. The van der Waals surface area contributed by atoms with Gasteiger partial charge in [0, 0.05) is 48.6 Å². The zero-order valence-corrected chi connectivity index (χ0v) is 16.2. The van der Waals surface area contributed by atoms with Crippen LogP contribution in [0.3, 0.4) is 0 Å². The molecule has 2 aromatic heterocycles. The monoisotopic (exact) mass is 385 g/mol. The van der Waals surface area contributed by atoms with Crippen molar-refractivity contribution in [3.05, 3.63) is 62.6 Å². The molecule has 0 radical (unpaired) electrons. The molecule has 6 heteroatoms. The van der Waals surface area contributed by atoms with Crippen molar-refractivity contribution in [1.29, 1.82) is 0 Å². The van der Waals surface area contributed by atoms with Gasteiger partial charge in [0.2, 0.25) is 0 Å². The summed E-state index contributed by atoms with van der Waals surface area (Å²) in [4.78, 5) is 15.8. The van der Waals surface area contributed by atoms with Crippen molar-refractivity contribution in [3.63, 3.8) is 0 Å². The molecule has 0 saturated carbocycles. The van der Waals surface area contributed by atoms with Crippen LogP contribution < -0.4 is 10.4 Å². The molecule has 0 spiro atoms. The number of fused-ring (bicyclic) bond motifs is 1. The quantitative estimate of drug-likeness (QED) is 0.575. The minimum absolute atomic E-state index is 0.261. The number of hydrogen-bond donors (Lipinski definition) is 0. The summed E-state index contributed by atoms with van der Waals surface area (Å²) in [6, 6.07) is 11.4. The summed E-state index contributed by atoms with van der Waals surface area (Å²) in [5, 5.41) is 3.04. The highest BCUT2D eigenvalue weighted by molar-refractivity contribution is 7.09. The highest BCUT2D eigenvalue weighted by atomic mass is 32.1. The average molecular weight is 385 g/mol. The molecule has 0 unspecified atom stereocenters. The van der Waals surface area contributed by atoms with Crippen molar-refractivity contribution in [2.24, 2.45) is 0 Å². The summed E-state index contributed by atoms with van der Waals surface area (Å²) in [6.07, 6.45) is 2.47. The van der Waals surface area contributed by atoms with E-state index in [1.54, 1.807) is 30.6 Å². The Morgan fingerprint density at radius 3 is 2.93 bits per heavy atom. The summed E-state index contributed by atoms with van der Waals surface area (Å²) in [7, 11) is 1.60. The molecule has 1 saturated heterocycles. The average Bonchev–Trinajstić information content (AvgIpc) is 3.35. The van der Waals surface area contributed by atoms with Gasteiger partial charge < -0.3 is 13.9 Å². The summed E-state index contributed by atoms with van der Waals surface area (Å²) in [5.41, 5.74) is 1.20. The van der Waals surface area contributed by atoms with Gasteiger partial charge in [-0.25, -0.2) is 4.79 Å². The van der Waals surface area contributed by atoms with Gasteiger partial charge in [0.05, 0.1) is 13.2 Å². The number of rotatable bonds is 7. The van der Waals surface area contributed by atoms with Crippen LogP contribution in [0, 0.1) is 0 Å². The lowest BCUT2D eigenvalue weighted by Crippen LogP contribution is -2.31. The Morgan fingerprint density at radius 2 is 2.19 bits per heavy atom. The molecule has 1 aromatic carbocycles. The summed E-state index contributed by atoms with van der Waals surface area (Å²) in [5.74, 6) is 0.678. The van der Waals surface area contributed by atoms with Crippen LogP contribution >= 0.6 is 11.3 Å². The summed E-state index contributed by atoms with van der Waals surface area (Å²) >= 11 is 1.75. The van der Waals surface area contributed by atoms with E-state index in [0.717, 1.165) is 43.5 Å². The van der Waals surface area contributed by atoms with E-state index < -0.39 is 0 Å². The molecule has 27 heavy (non-hydrogen) atoms. The first-order valence-electron chi connectivity index (χ1n) is 9.18. The van der Waals surface area contributed by atoms with Crippen molar-refractivity contribution in [3.8, 4) is 5.75 Å². The van der Waals surface area contributed by atoms with Crippen LogP contribution in [0.15, 0.2) is 51.0 Å². The van der Waals surface area contributed by atoms with Crippen molar-refractivity contribution in [2.45, 2.75) is 32.0 Å². The molecule has 142 valence electrons. The first-order valence-corrected chi connectivity index (χ1v) is 10.1. The highest BCUT2D eigenvalue weighted by Crippen LogP contribution is 2.25. The zero-order valence-electron chi connectivity index (χ0n) is 15.3. The predicted molar refractivity (Wildman–Crippen MR) is 106 cm³/mol. The maximum absolute atomic E-state index is 12.1. The van der Waals surface area contributed by atoms with Crippen LogP contribution in [0.1, 0.15) is 23.3 Å². The number of benzene rings is 1. The summed E-state index contributed by atoms with van der Waals surface area (Å²) in [6.45, 7) is 3.21. The van der Waals surface area contributed by atoms with E-state index in [2.05, 4.69) is 22.4 Å². The van der Waals surface area contributed by atoms with Gasteiger partial charge in [-0.15, -0.1) is 11.3 Å². The normalized spacial score (nSPS) is 17.0. The number of thiophene rings is 1. The van der Waals surface area contributed by atoms with E-state index in [1.807, 2.05) is 12.1 Å². The van der Waals surface area contributed by atoms with E-state index in [9.17, 15) is 4.79 Å². The van der Waals surface area contributed by atoms with Crippen LogP contribution in [0.25, 0.3) is 11.0 Å². The van der Waals surface area contributed by atoms with Gasteiger partial charge in [0.15, 0.2) is 0 Å². The fourth-order valence-electron chi connectivity index (χ4n) is 3.59. The SMILES string of the molecule is COc1ccc2c(CN(Cc3cccs3)C[C@@H]3CCCO3)cc(=O)oc2c1. The molecular formula is C21H23NO4S. The van der Waals surface area contributed by atoms with Crippen LogP contribution in [0.5, 0.6) is 5.75 Å². The molecule has 3 aromatic rings. The molecule has 1 aliphatic heterocycles. The fraction of sp³-hybridized carbons (Fsp3) is 0.381. The lowest BCUT2D eigenvalue weighted by Gasteiger charge is -2.25. The molecule has 1 aliphatic rings. The Morgan fingerprint density at radius 1 is 1.26 bits per heavy atom. The molecule has 0 aliphatic carbocycles. The largest absolute Gasteiger partial charge is 0.497 e. The number of hydrogen-bond acceptors (Lipinski definition) is 6. The molecule has 4 rings (SSSR count). The number of ether oxygens (including phenoxy) is 2. The third-order valence-electron chi connectivity index (χ3n) is 4.88. The van der Waals surface area contributed by atoms with Gasteiger partial charge in [-0.2, -0.15) is 0 Å². The van der Waals surface area contributed by atoms with E-state index in [1.165, 1.54) is 4.88 Å². The Bertz CT molecular complexity index is 944. The summed E-state index contributed by atoms with van der Waals surface area (Å²) < 4.78 is 16.5. The minimum atomic E-state index is -0.334. The maximum atomic E-state index is 12.1. The molecule has 0 amide bonds. The Labute approximate surface area is 162 Å². The standard InChI is InChI=1S/C21H23NO4S/c1-24-16-6-7-19-15(10-21(23)26-20(19)11-16)12-22(13-17-4-2-8-25-17)14-18-5-3-9-27-18/h3,5-7,9-11,17H,2,4,8,12-14H2,1H3/t17-/m0/s1. The Hall–Kier alpha value is -2.15. The maximum Gasteiger partial charge on any atom is 0.336 e. The molecule has 3 heterocycles. The van der Waals surface area contributed by atoms with Crippen molar-refractivity contribution >= 4 is 22.3 Å². The Balaban J connectivity index is 1.63. The second kappa shape index (κ2) is 8.25.